The van der Waals surface area contributed by atoms with Crippen LogP contribution in [-0.4, -0.2) is 8.07 Å². The first-order chi connectivity index (χ1) is 18.3. The molecular formula is C32H26F6Si. The van der Waals surface area contributed by atoms with E-state index < -0.39 is 31.6 Å². The van der Waals surface area contributed by atoms with Crippen molar-refractivity contribution >= 4 is 42.8 Å². The molecule has 200 valence electrons. The Hall–Kier alpha value is -3.84. The Kier molecular flexibility index (Phi) is 8.02. The van der Waals surface area contributed by atoms with Gasteiger partial charge in [0.05, 0.1) is 11.1 Å². The molecule has 4 rings (SSSR count). The van der Waals surface area contributed by atoms with Crippen molar-refractivity contribution in [3.63, 3.8) is 0 Å². The highest BCUT2D eigenvalue weighted by Gasteiger charge is 2.30. The van der Waals surface area contributed by atoms with Crippen molar-refractivity contribution in [2.75, 3.05) is 0 Å². The zero-order valence-corrected chi connectivity index (χ0v) is 22.3. The average Bonchev–Trinajstić information content (AvgIpc) is 2.91. The molecule has 0 N–H and O–H groups in total. The Bertz CT molecular complexity index is 1330. The van der Waals surface area contributed by atoms with Crippen LogP contribution in [0.15, 0.2) is 97.1 Å². The molecule has 0 spiro atoms. The van der Waals surface area contributed by atoms with Gasteiger partial charge in [0, 0.05) is 0 Å². The van der Waals surface area contributed by atoms with Gasteiger partial charge in [-0.25, -0.2) is 0 Å². The first kappa shape index (κ1) is 28.2. The van der Waals surface area contributed by atoms with Crippen molar-refractivity contribution < 1.29 is 26.3 Å². The molecule has 0 unspecified atom stereocenters. The van der Waals surface area contributed by atoms with Gasteiger partial charge in [0.25, 0.3) is 0 Å². The minimum Gasteiger partial charge on any atom is -0.166 e. The molecule has 0 nitrogen and oxygen atoms in total. The number of alkyl halides is 6. The minimum atomic E-state index is -4.35. The first-order valence-electron chi connectivity index (χ1n) is 12.2. The number of halogens is 6. The second-order valence-corrected chi connectivity index (χ2v) is 14.2. The lowest BCUT2D eigenvalue weighted by Crippen LogP contribution is -2.52. The SMILES string of the molecule is C[Si](C)(c1ccc(/C=C/c2ccc(C(F)(F)F)cc2)cc1)c1ccc(/C=C/c2ccc(C(F)(F)F)cc2)cc1. The molecule has 0 aromatic heterocycles. The average molecular weight is 553 g/mol. The zero-order valence-electron chi connectivity index (χ0n) is 21.3. The molecule has 0 bridgehead atoms. The number of hydrogen-bond donors (Lipinski definition) is 0. The molecule has 0 aliphatic heterocycles. The van der Waals surface area contributed by atoms with Gasteiger partial charge in [0.1, 0.15) is 8.07 Å². The van der Waals surface area contributed by atoms with Crippen LogP contribution in [-0.2, 0) is 12.4 Å². The molecule has 0 heterocycles. The summed E-state index contributed by atoms with van der Waals surface area (Å²) in [4.78, 5) is 0. The van der Waals surface area contributed by atoms with Gasteiger partial charge >= 0.3 is 12.4 Å². The number of hydrogen-bond acceptors (Lipinski definition) is 0. The van der Waals surface area contributed by atoms with Gasteiger partial charge in [0.2, 0.25) is 0 Å². The highest BCUT2D eigenvalue weighted by Crippen LogP contribution is 2.30. The van der Waals surface area contributed by atoms with E-state index in [0.29, 0.717) is 11.1 Å². The lowest BCUT2D eigenvalue weighted by atomic mass is 10.1. The molecule has 4 aromatic carbocycles. The zero-order chi connectivity index (χ0) is 28.3. The molecule has 39 heavy (non-hydrogen) atoms. The normalized spacial score (nSPS) is 12.9. The highest BCUT2D eigenvalue weighted by atomic mass is 28.3. The minimum absolute atomic E-state index is 0.667. The molecule has 0 amide bonds. The predicted octanol–water partition coefficient (Wildman–Crippen LogP) is 8.89. The smallest absolute Gasteiger partial charge is 0.166 e. The quantitative estimate of drug-likeness (QED) is 0.127. The Labute approximate surface area is 225 Å². The Morgan fingerprint density at radius 2 is 0.641 bits per heavy atom. The summed E-state index contributed by atoms with van der Waals surface area (Å²) >= 11 is 0. The van der Waals surface area contributed by atoms with Crippen LogP contribution in [0.1, 0.15) is 33.4 Å². The van der Waals surface area contributed by atoms with E-state index in [2.05, 4.69) is 37.4 Å². The summed E-state index contributed by atoms with van der Waals surface area (Å²) < 4.78 is 76.4. The summed E-state index contributed by atoms with van der Waals surface area (Å²) in [5.74, 6) is 0. The Morgan fingerprint density at radius 1 is 0.410 bits per heavy atom. The van der Waals surface area contributed by atoms with Crippen molar-refractivity contribution in [2.24, 2.45) is 0 Å². The molecule has 0 saturated heterocycles. The van der Waals surface area contributed by atoms with Gasteiger partial charge in [-0.15, -0.1) is 0 Å². The molecule has 0 atom stereocenters. The van der Waals surface area contributed by atoms with Crippen LogP contribution in [0.3, 0.4) is 0 Å². The molecule has 0 saturated carbocycles. The Morgan fingerprint density at radius 3 is 0.872 bits per heavy atom. The van der Waals surface area contributed by atoms with Crippen LogP contribution >= 0.6 is 0 Å². The molecule has 0 aliphatic rings. The van der Waals surface area contributed by atoms with Gasteiger partial charge in [-0.1, -0.05) is 121 Å². The molecule has 4 aromatic rings. The van der Waals surface area contributed by atoms with E-state index in [1.807, 2.05) is 36.4 Å². The Balaban J connectivity index is 1.42. The summed E-state index contributed by atoms with van der Waals surface area (Å²) in [6, 6.07) is 26.5. The fourth-order valence-corrected chi connectivity index (χ4v) is 6.47. The van der Waals surface area contributed by atoms with E-state index in [4.69, 9.17) is 0 Å². The van der Waals surface area contributed by atoms with Crippen LogP contribution in [0.5, 0.6) is 0 Å². The number of rotatable bonds is 6. The van der Waals surface area contributed by atoms with E-state index in [0.717, 1.165) is 35.4 Å². The highest BCUT2D eigenvalue weighted by molar-refractivity contribution is 7.00. The van der Waals surface area contributed by atoms with E-state index in [-0.39, 0.29) is 0 Å². The standard InChI is InChI=1S/C32H26F6Si/c1-39(2,29-19-11-25(12-20-29)5-3-23-7-15-27(16-8-23)31(33,34)35)30-21-13-26(14-22-30)6-4-24-9-17-28(18-10-24)32(36,37)38/h3-22H,1-2H3/b5-3+,6-4+. The molecule has 0 fully saturated rings. The van der Waals surface area contributed by atoms with Crippen LogP contribution in [0.2, 0.25) is 13.1 Å². The molecule has 0 aliphatic carbocycles. The number of benzene rings is 4. The summed E-state index contributed by atoms with van der Waals surface area (Å²) in [5.41, 5.74) is 1.95. The summed E-state index contributed by atoms with van der Waals surface area (Å²) in [7, 11) is -1.98. The third-order valence-corrected chi connectivity index (χ3v) is 10.2. The monoisotopic (exact) mass is 552 g/mol. The second kappa shape index (κ2) is 11.1. The van der Waals surface area contributed by atoms with E-state index >= 15 is 0 Å². The third kappa shape index (κ3) is 7.18. The topological polar surface area (TPSA) is 0 Å². The fraction of sp³-hybridized carbons (Fsp3) is 0.125. The van der Waals surface area contributed by atoms with Crippen molar-refractivity contribution in [3.8, 4) is 0 Å². The van der Waals surface area contributed by atoms with Gasteiger partial charge in [-0.3, -0.25) is 0 Å². The van der Waals surface area contributed by atoms with Gasteiger partial charge in [0.15, 0.2) is 0 Å². The maximum absolute atomic E-state index is 12.7. The maximum Gasteiger partial charge on any atom is 0.416 e. The van der Waals surface area contributed by atoms with Crippen molar-refractivity contribution in [1.82, 2.24) is 0 Å². The van der Waals surface area contributed by atoms with Crippen LogP contribution in [0.4, 0.5) is 26.3 Å². The molecule has 0 radical (unpaired) electrons. The van der Waals surface area contributed by atoms with Crippen LogP contribution < -0.4 is 10.4 Å². The fourth-order valence-electron chi connectivity index (χ4n) is 4.14. The second-order valence-electron chi connectivity index (χ2n) is 9.78. The van der Waals surface area contributed by atoms with E-state index in [9.17, 15) is 26.3 Å². The van der Waals surface area contributed by atoms with Gasteiger partial charge < -0.3 is 0 Å². The summed E-state index contributed by atoms with van der Waals surface area (Å²) in [5, 5.41) is 2.48. The van der Waals surface area contributed by atoms with Crippen LogP contribution in [0.25, 0.3) is 24.3 Å². The maximum atomic E-state index is 12.7. The third-order valence-electron chi connectivity index (χ3n) is 6.68. The molecule has 7 heteroatoms. The summed E-state index contributed by atoms with van der Waals surface area (Å²) in [6.07, 6.45) is -1.37. The van der Waals surface area contributed by atoms with Crippen molar-refractivity contribution in [3.05, 3.63) is 130 Å². The lowest BCUT2D eigenvalue weighted by molar-refractivity contribution is -0.138. The van der Waals surface area contributed by atoms with Crippen molar-refractivity contribution in [1.29, 1.82) is 0 Å². The summed E-state index contributed by atoms with van der Waals surface area (Å²) in [6.45, 7) is 4.51. The molecular weight excluding hydrogens is 526 g/mol. The largest absolute Gasteiger partial charge is 0.416 e. The van der Waals surface area contributed by atoms with E-state index in [1.54, 1.807) is 12.2 Å². The van der Waals surface area contributed by atoms with Crippen molar-refractivity contribution in [2.45, 2.75) is 25.4 Å². The lowest BCUT2D eigenvalue weighted by Gasteiger charge is -2.24. The predicted molar refractivity (Wildman–Crippen MR) is 150 cm³/mol. The van der Waals surface area contributed by atoms with Crippen LogP contribution in [0, 0.1) is 0 Å². The van der Waals surface area contributed by atoms with Gasteiger partial charge in [-0.05, 0) is 46.5 Å². The first-order valence-corrected chi connectivity index (χ1v) is 15.2. The van der Waals surface area contributed by atoms with E-state index in [1.165, 1.54) is 34.6 Å². The van der Waals surface area contributed by atoms with Gasteiger partial charge in [-0.2, -0.15) is 26.3 Å².